The van der Waals surface area contributed by atoms with Gasteiger partial charge in [0.15, 0.2) is 0 Å². The number of hydrogen-bond acceptors (Lipinski definition) is 4. The molecule has 5 heteroatoms. The second-order valence-electron chi connectivity index (χ2n) is 16.2. The number of ketones is 2. The van der Waals surface area contributed by atoms with E-state index in [1.807, 2.05) is 12.4 Å². The summed E-state index contributed by atoms with van der Waals surface area (Å²) < 4.78 is 0. The minimum atomic E-state index is -0.0625. The number of carbonyl (C=O) groups excluding carboxylic acids is 2. The first-order chi connectivity index (χ1) is 27.4. The third-order valence-electron chi connectivity index (χ3n) is 11.6. The van der Waals surface area contributed by atoms with Crippen molar-refractivity contribution in [1.29, 1.82) is 0 Å². The van der Waals surface area contributed by atoms with Gasteiger partial charge in [-0.3, -0.25) is 19.6 Å². The van der Waals surface area contributed by atoms with Gasteiger partial charge in [0.25, 0.3) is 0 Å². The number of benzene rings is 6. The molecule has 2 aliphatic rings. The smallest absolute Gasteiger partial charge is 0.137 e. The number of nitrogens with zero attached hydrogens (tertiary/aromatic N) is 2. The van der Waals surface area contributed by atoms with E-state index in [0.29, 0.717) is 0 Å². The predicted octanol–water partition coefficient (Wildman–Crippen LogP) is 13.0. The molecule has 0 atom stereocenters. The van der Waals surface area contributed by atoms with Gasteiger partial charge >= 0.3 is 0 Å². The average Bonchev–Trinajstić information content (AvgIpc) is 3.59. The van der Waals surface area contributed by atoms with Crippen LogP contribution >= 0.6 is 0 Å². The van der Waals surface area contributed by atoms with Crippen molar-refractivity contribution in [2.24, 2.45) is 0 Å². The number of fused-ring (bicyclic) bond motifs is 8. The number of rotatable bonds is 4. The van der Waals surface area contributed by atoms with Gasteiger partial charge < -0.3 is 0 Å². The Morgan fingerprint density at radius 3 is 1.21 bits per heavy atom. The molecule has 0 fully saturated rings. The SMILES string of the molecule is CC(=O)CC(C)=O.CC1(C)c2ccccc2-c2ccc(-c3nccc4ccccc34)cc21.CC1(C)c2ccccc2-c2ccc(-c3nccc4ccccc34)cc21.[Ir]. The quantitative estimate of drug-likeness (QED) is 0.165. The third-order valence-corrected chi connectivity index (χ3v) is 11.6. The molecule has 0 amide bonds. The van der Waals surface area contributed by atoms with E-state index in [4.69, 9.17) is 9.97 Å². The number of Topliss-reactive ketones (excluding diaryl/α,β-unsaturated/α-hetero) is 2. The Bertz CT molecular complexity index is 2650. The first kappa shape index (κ1) is 40.3. The molecule has 0 spiro atoms. The van der Waals surface area contributed by atoms with E-state index in [2.05, 4.69) is 173 Å². The molecule has 0 N–H and O–H groups in total. The van der Waals surface area contributed by atoms with E-state index in [1.54, 1.807) is 0 Å². The standard InChI is InChI=1S/2C24H19N.C5H8O2.Ir/c2*1-24(2)21-10-6-5-9-19(21)20-12-11-17(15-22(20)24)23-18-8-4-3-7-16(18)13-14-25-23;1-4(6)3-5(2)7;/h2*3-15H,1-2H3;3H2,1-2H3;. The van der Waals surface area contributed by atoms with Crippen molar-refractivity contribution in [1.82, 2.24) is 9.97 Å². The van der Waals surface area contributed by atoms with Gasteiger partial charge in [-0.15, -0.1) is 0 Å². The van der Waals surface area contributed by atoms with Crippen LogP contribution < -0.4 is 0 Å². The van der Waals surface area contributed by atoms with Crippen molar-refractivity contribution < 1.29 is 29.7 Å². The van der Waals surface area contributed by atoms with Crippen molar-refractivity contribution in [2.45, 2.75) is 58.8 Å². The van der Waals surface area contributed by atoms with Crippen LogP contribution in [0.1, 0.15) is 70.2 Å². The zero-order valence-electron chi connectivity index (χ0n) is 33.8. The molecule has 8 aromatic rings. The molecule has 4 nitrogen and oxygen atoms in total. The Morgan fingerprint density at radius 1 is 0.448 bits per heavy atom. The molecule has 6 aromatic carbocycles. The molecule has 2 aromatic heterocycles. The second kappa shape index (κ2) is 16.2. The van der Waals surface area contributed by atoms with E-state index in [0.717, 1.165) is 11.4 Å². The van der Waals surface area contributed by atoms with Gasteiger partial charge in [0.1, 0.15) is 11.6 Å². The van der Waals surface area contributed by atoms with E-state index in [1.165, 1.54) is 91.0 Å². The fourth-order valence-corrected chi connectivity index (χ4v) is 8.75. The van der Waals surface area contributed by atoms with Crippen LogP contribution in [0.3, 0.4) is 0 Å². The van der Waals surface area contributed by atoms with Crippen LogP contribution in [0.2, 0.25) is 0 Å². The predicted molar refractivity (Wildman–Crippen MR) is 235 cm³/mol. The molecular weight excluding hydrogens is 889 g/mol. The van der Waals surface area contributed by atoms with Crippen molar-refractivity contribution in [3.63, 3.8) is 0 Å². The Labute approximate surface area is 354 Å². The van der Waals surface area contributed by atoms with Gasteiger partial charge in [0.05, 0.1) is 17.8 Å². The van der Waals surface area contributed by atoms with Crippen molar-refractivity contribution in [3.05, 3.63) is 180 Å². The fourth-order valence-electron chi connectivity index (χ4n) is 8.75. The first-order valence-corrected chi connectivity index (χ1v) is 19.6. The largest absolute Gasteiger partial charge is 0.300 e. The molecule has 0 saturated heterocycles. The summed E-state index contributed by atoms with van der Waals surface area (Å²) >= 11 is 0. The molecule has 2 heterocycles. The number of hydrogen-bond donors (Lipinski definition) is 0. The Morgan fingerprint density at radius 2 is 0.810 bits per heavy atom. The molecule has 58 heavy (non-hydrogen) atoms. The van der Waals surface area contributed by atoms with Crippen LogP contribution in [0.5, 0.6) is 0 Å². The molecule has 2 aliphatic carbocycles. The summed E-state index contributed by atoms with van der Waals surface area (Å²) in [6.07, 6.45) is 3.90. The van der Waals surface area contributed by atoms with E-state index in [-0.39, 0.29) is 48.9 Å². The van der Waals surface area contributed by atoms with Crippen molar-refractivity contribution >= 4 is 33.1 Å². The minimum Gasteiger partial charge on any atom is -0.300 e. The van der Waals surface area contributed by atoms with E-state index >= 15 is 0 Å². The van der Waals surface area contributed by atoms with Crippen LogP contribution in [-0.4, -0.2) is 21.5 Å². The Kier molecular flexibility index (Phi) is 11.2. The van der Waals surface area contributed by atoms with Gasteiger partial charge in [-0.05, 0) is 93.4 Å². The molecule has 0 saturated carbocycles. The Balaban J connectivity index is 0.000000150. The zero-order valence-corrected chi connectivity index (χ0v) is 36.2. The molecule has 10 rings (SSSR count). The van der Waals surface area contributed by atoms with E-state index in [9.17, 15) is 9.59 Å². The normalized spacial score (nSPS) is 13.3. The van der Waals surface area contributed by atoms with Crippen molar-refractivity contribution in [2.75, 3.05) is 0 Å². The molecular formula is C53H46IrN2O2. The van der Waals surface area contributed by atoms with Crippen LogP contribution in [0.15, 0.2) is 158 Å². The maximum atomic E-state index is 10.0. The summed E-state index contributed by atoms with van der Waals surface area (Å²) in [5.41, 5.74) is 15.6. The minimum absolute atomic E-state index is 0. The second-order valence-corrected chi connectivity index (χ2v) is 16.2. The fraction of sp³-hybridized carbons (Fsp3) is 0.170. The van der Waals surface area contributed by atoms with Gasteiger partial charge in [-0.1, -0.05) is 149 Å². The van der Waals surface area contributed by atoms with Gasteiger partial charge in [-0.25, -0.2) is 0 Å². The monoisotopic (exact) mass is 935 g/mol. The molecule has 1 radical (unpaired) electrons. The zero-order chi connectivity index (χ0) is 39.9. The number of aromatic nitrogens is 2. The van der Waals surface area contributed by atoms with Gasteiger partial charge in [-0.2, -0.15) is 0 Å². The summed E-state index contributed by atoms with van der Waals surface area (Å²) in [6.45, 7) is 12.1. The van der Waals surface area contributed by atoms with Crippen molar-refractivity contribution in [3.8, 4) is 44.8 Å². The summed E-state index contributed by atoms with van der Waals surface area (Å²) in [4.78, 5) is 29.5. The van der Waals surface area contributed by atoms with Crippen LogP contribution in [0.25, 0.3) is 66.3 Å². The summed E-state index contributed by atoms with van der Waals surface area (Å²) in [6, 6.07) is 52.2. The molecule has 0 unspecified atom stereocenters. The molecule has 0 aliphatic heterocycles. The van der Waals surface area contributed by atoms with Crippen LogP contribution in [0.4, 0.5) is 0 Å². The number of carbonyl (C=O) groups is 2. The maximum absolute atomic E-state index is 10.0. The maximum Gasteiger partial charge on any atom is 0.137 e. The molecule has 0 bridgehead atoms. The summed E-state index contributed by atoms with van der Waals surface area (Å²) in [7, 11) is 0. The first-order valence-electron chi connectivity index (χ1n) is 19.6. The number of pyridine rings is 2. The molecule has 289 valence electrons. The van der Waals surface area contributed by atoms with Crippen LogP contribution in [0, 0.1) is 0 Å². The average molecular weight is 935 g/mol. The third kappa shape index (κ3) is 7.37. The summed E-state index contributed by atoms with van der Waals surface area (Å²) in [5, 5.41) is 4.88. The van der Waals surface area contributed by atoms with Crippen LogP contribution in [-0.2, 0) is 40.5 Å². The van der Waals surface area contributed by atoms with E-state index < -0.39 is 0 Å². The summed E-state index contributed by atoms with van der Waals surface area (Å²) in [5.74, 6) is -0.125. The van der Waals surface area contributed by atoms with Gasteiger partial charge in [0.2, 0.25) is 0 Å². The topological polar surface area (TPSA) is 59.9 Å². The Hall–Kier alpha value is -5.87. The van der Waals surface area contributed by atoms with Gasteiger partial charge in [0, 0.05) is 65.2 Å².